The van der Waals surface area contributed by atoms with E-state index in [-0.39, 0.29) is 36.3 Å². The lowest BCUT2D eigenvalue weighted by Crippen LogP contribution is -2.31. The third-order valence-electron chi connectivity index (χ3n) is 6.26. The van der Waals surface area contributed by atoms with Gasteiger partial charge in [-0.15, -0.1) is 0 Å². The molecule has 0 saturated carbocycles. The summed E-state index contributed by atoms with van der Waals surface area (Å²) in [6.07, 6.45) is 0.0277. The van der Waals surface area contributed by atoms with E-state index in [2.05, 4.69) is 0 Å². The van der Waals surface area contributed by atoms with Crippen LogP contribution in [0.4, 0.5) is 0 Å². The summed E-state index contributed by atoms with van der Waals surface area (Å²) in [5.41, 5.74) is 0.944. The van der Waals surface area contributed by atoms with Gasteiger partial charge in [0.05, 0.1) is 30.7 Å². The Bertz CT molecular complexity index is 1600. The number of rotatable bonds is 8. The van der Waals surface area contributed by atoms with Crippen LogP contribution in [-0.4, -0.2) is 43.4 Å². The van der Waals surface area contributed by atoms with E-state index in [0.29, 0.717) is 33.8 Å². The van der Waals surface area contributed by atoms with Crippen molar-refractivity contribution in [3.63, 3.8) is 0 Å². The summed E-state index contributed by atoms with van der Waals surface area (Å²) in [5.74, 6) is -0.823. The second-order valence-corrected chi connectivity index (χ2v) is 8.54. The van der Waals surface area contributed by atoms with E-state index in [0.717, 1.165) is 4.90 Å². The van der Waals surface area contributed by atoms with Crippen LogP contribution < -0.4 is 19.6 Å². The fraction of sp³-hybridized carbons (Fsp3) is 0.172. The third kappa shape index (κ3) is 4.39. The fourth-order valence-electron chi connectivity index (χ4n) is 4.37. The van der Waals surface area contributed by atoms with Gasteiger partial charge in [0.25, 0.3) is 11.8 Å². The molecule has 9 heteroatoms. The SMILES string of the molecule is COc1ccc(-c2oc3ccccc3c(=O)c2OC(=O)CCCN2C(=O)c3ccccc3C2=O)cc1OC. The van der Waals surface area contributed by atoms with Crippen molar-refractivity contribution in [2.75, 3.05) is 20.8 Å². The highest BCUT2D eigenvalue weighted by Crippen LogP contribution is 2.37. The molecule has 0 saturated heterocycles. The summed E-state index contributed by atoms with van der Waals surface area (Å²) in [5, 5.41) is 0.255. The Morgan fingerprint density at radius 2 is 1.50 bits per heavy atom. The molecule has 0 aliphatic carbocycles. The second kappa shape index (κ2) is 10.2. The van der Waals surface area contributed by atoms with Crippen LogP contribution in [0.5, 0.6) is 17.2 Å². The highest BCUT2D eigenvalue weighted by Gasteiger charge is 2.34. The Morgan fingerprint density at radius 1 is 0.842 bits per heavy atom. The predicted octanol–water partition coefficient (Wildman–Crippen LogP) is 4.46. The van der Waals surface area contributed by atoms with Crippen molar-refractivity contribution in [3.8, 4) is 28.6 Å². The first-order valence-electron chi connectivity index (χ1n) is 11.9. The van der Waals surface area contributed by atoms with Crippen LogP contribution in [0.1, 0.15) is 33.6 Å². The summed E-state index contributed by atoms with van der Waals surface area (Å²) in [6.45, 7) is 0.0380. The van der Waals surface area contributed by atoms with Crippen LogP contribution in [-0.2, 0) is 4.79 Å². The number of benzene rings is 3. The molecule has 0 atom stereocenters. The maximum atomic E-state index is 13.3. The summed E-state index contributed by atoms with van der Waals surface area (Å²) in [4.78, 5) is 52.4. The van der Waals surface area contributed by atoms with Crippen molar-refractivity contribution >= 4 is 28.8 Å². The normalized spacial score (nSPS) is 12.5. The topological polar surface area (TPSA) is 112 Å². The van der Waals surface area contributed by atoms with E-state index in [4.69, 9.17) is 18.6 Å². The van der Waals surface area contributed by atoms with Crippen molar-refractivity contribution in [2.24, 2.45) is 0 Å². The maximum Gasteiger partial charge on any atom is 0.311 e. The Morgan fingerprint density at radius 3 is 2.18 bits per heavy atom. The van der Waals surface area contributed by atoms with Gasteiger partial charge < -0.3 is 18.6 Å². The first kappa shape index (κ1) is 24.8. The Balaban J connectivity index is 1.39. The van der Waals surface area contributed by atoms with Gasteiger partial charge >= 0.3 is 5.97 Å². The van der Waals surface area contributed by atoms with Gasteiger partial charge in [0.2, 0.25) is 11.2 Å². The molecular weight excluding hydrogens is 490 g/mol. The van der Waals surface area contributed by atoms with Gasteiger partial charge in [0, 0.05) is 18.5 Å². The number of nitrogens with zero attached hydrogens (tertiary/aromatic N) is 1. The monoisotopic (exact) mass is 513 g/mol. The van der Waals surface area contributed by atoms with Crippen LogP contribution in [0.3, 0.4) is 0 Å². The maximum absolute atomic E-state index is 13.3. The number of hydrogen-bond donors (Lipinski definition) is 0. The zero-order valence-electron chi connectivity index (χ0n) is 20.7. The Hall–Kier alpha value is -4.92. The van der Waals surface area contributed by atoms with Crippen LogP contribution in [0.2, 0.25) is 0 Å². The molecule has 0 unspecified atom stereocenters. The molecule has 3 aromatic carbocycles. The van der Waals surface area contributed by atoms with Gasteiger partial charge in [-0.05, 0) is 48.9 Å². The average molecular weight is 514 g/mol. The van der Waals surface area contributed by atoms with Crippen molar-refractivity contribution in [3.05, 3.63) is 88.1 Å². The average Bonchev–Trinajstić information content (AvgIpc) is 3.19. The quantitative estimate of drug-likeness (QED) is 0.251. The number of amides is 2. The van der Waals surface area contributed by atoms with Crippen molar-refractivity contribution in [2.45, 2.75) is 12.8 Å². The number of methoxy groups -OCH3 is 2. The lowest BCUT2D eigenvalue weighted by atomic mass is 10.1. The first-order valence-corrected chi connectivity index (χ1v) is 11.9. The molecule has 9 nitrogen and oxygen atoms in total. The van der Waals surface area contributed by atoms with E-state index in [1.54, 1.807) is 66.7 Å². The summed E-state index contributed by atoms with van der Waals surface area (Å²) in [6, 6.07) is 18.1. The van der Waals surface area contributed by atoms with Gasteiger partial charge in [-0.1, -0.05) is 24.3 Å². The minimum Gasteiger partial charge on any atom is -0.493 e. The zero-order chi connectivity index (χ0) is 26.8. The van der Waals surface area contributed by atoms with Crippen molar-refractivity contribution in [1.82, 2.24) is 4.90 Å². The van der Waals surface area contributed by atoms with Crippen LogP contribution in [0.15, 0.2) is 75.9 Å². The van der Waals surface area contributed by atoms with Gasteiger partial charge in [-0.3, -0.25) is 24.1 Å². The van der Waals surface area contributed by atoms with Crippen molar-refractivity contribution < 1.29 is 33.0 Å². The molecule has 4 aromatic rings. The molecule has 2 heterocycles. The standard InChI is InChI=1S/C29H23NO8/c1-35-22-14-13-17(16-23(22)36-2)26-27(25(32)20-10-5-6-11-21(20)37-26)38-24(31)12-7-15-30-28(33)18-8-3-4-9-19(18)29(30)34/h3-6,8-11,13-14,16H,7,12,15H2,1-2H3. The predicted molar refractivity (Wildman–Crippen MR) is 138 cm³/mol. The summed E-state index contributed by atoms with van der Waals surface area (Å²) >= 11 is 0. The van der Waals surface area contributed by atoms with Gasteiger partial charge in [0.1, 0.15) is 5.58 Å². The van der Waals surface area contributed by atoms with E-state index in [9.17, 15) is 19.2 Å². The zero-order valence-corrected chi connectivity index (χ0v) is 20.7. The minimum atomic E-state index is -0.703. The molecule has 5 rings (SSSR count). The summed E-state index contributed by atoms with van der Waals surface area (Å²) in [7, 11) is 2.98. The molecule has 192 valence electrons. The Labute approximate surface area is 217 Å². The van der Waals surface area contributed by atoms with Crippen LogP contribution >= 0.6 is 0 Å². The molecule has 38 heavy (non-hydrogen) atoms. The Kier molecular flexibility index (Phi) is 6.66. The number of para-hydroxylation sites is 1. The fourth-order valence-corrected chi connectivity index (χ4v) is 4.37. The molecular formula is C29H23NO8. The van der Waals surface area contributed by atoms with E-state index >= 15 is 0 Å². The number of ether oxygens (including phenoxy) is 3. The number of imide groups is 1. The molecule has 1 aliphatic rings. The van der Waals surface area contributed by atoms with Crippen molar-refractivity contribution in [1.29, 1.82) is 0 Å². The molecule has 0 spiro atoms. The van der Waals surface area contributed by atoms with Crippen LogP contribution in [0, 0.1) is 0 Å². The van der Waals surface area contributed by atoms with E-state index in [1.807, 2.05) is 0 Å². The highest BCUT2D eigenvalue weighted by atomic mass is 16.5. The lowest BCUT2D eigenvalue weighted by molar-refractivity contribution is -0.134. The smallest absolute Gasteiger partial charge is 0.311 e. The molecule has 1 aliphatic heterocycles. The number of hydrogen-bond acceptors (Lipinski definition) is 8. The third-order valence-corrected chi connectivity index (χ3v) is 6.26. The molecule has 0 fully saturated rings. The first-order chi connectivity index (χ1) is 18.4. The van der Waals surface area contributed by atoms with Gasteiger partial charge in [-0.2, -0.15) is 0 Å². The lowest BCUT2D eigenvalue weighted by Gasteiger charge is -2.14. The molecule has 0 N–H and O–H groups in total. The van der Waals surface area contributed by atoms with E-state index in [1.165, 1.54) is 14.2 Å². The number of esters is 1. The minimum absolute atomic E-state index is 0.0380. The van der Waals surface area contributed by atoms with Crippen LogP contribution in [0.25, 0.3) is 22.3 Å². The number of carbonyl (C=O) groups is 3. The highest BCUT2D eigenvalue weighted by molar-refractivity contribution is 6.21. The number of carbonyl (C=O) groups excluding carboxylic acids is 3. The largest absolute Gasteiger partial charge is 0.493 e. The second-order valence-electron chi connectivity index (χ2n) is 8.54. The summed E-state index contributed by atoms with van der Waals surface area (Å²) < 4.78 is 22.2. The molecule has 2 amide bonds. The molecule has 0 bridgehead atoms. The van der Waals surface area contributed by atoms with E-state index < -0.39 is 23.2 Å². The molecule has 1 aromatic heterocycles. The number of fused-ring (bicyclic) bond motifs is 2. The molecule has 0 radical (unpaired) electrons. The van der Waals surface area contributed by atoms with Gasteiger partial charge in [-0.25, -0.2) is 0 Å². The van der Waals surface area contributed by atoms with Gasteiger partial charge in [0.15, 0.2) is 17.3 Å².